The molecule has 1 aliphatic carbocycles. The number of methoxy groups -OCH3 is 1. The van der Waals surface area contributed by atoms with Crippen LogP contribution in [0.4, 0.5) is 5.82 Å². The van der Waals surface area contributed by atoms with E-state index >= 15 is 0 Å². The summed E-state index contributed by atoms with van der Waals surface area (Å²) in [4.78, 5) is 31.5. The predicted molar refractivity (Wildman–Crippen MR) is 369 cm³/mol. The number of nitrogens with zero attached hydrogens (tertiary/aromatic N) is 2. The highest BCUT2D eigenvalue weighted by atomic mass is 16.5. The molecule has 0 bridgehead atoms. The molecule has 4 aromatic rings. The molecule has 10 nitrogen and oxygen atoms in total. The fourth-order valence-corrected chi connectivity index (χ4v) is 9.69. The molecular formula is C75H127N3O7. The van der Waals surface area contributed by atoms with Gasteiger partial charge in [-0.3, -0.25) is 14.6 Å². The highest BCUT2D eigenvalue weighted by molar-refractivity contribution is 5.78. The standard InChI is InChI=1S/C19H31NO.C17H28N2O.C14H18O2.C13H16O2.C4H10O.4C2H6/c1-4-18(5-2)21-14-7-6-11-17-13-12-16-10-8-9-15(3)19(16)20-17;1-3-16(4-2)20-13-6-5-9-15-11-10-14-8-7-12-18-17(14)19-15;1-5-9(2)12-7-6-8-13(10(12)3)11(4)14(15)16;1-8(2)11-6-5-7-12(9(11)3)10(4)13(14)15;1-3-4-5-2;4*1-2/h12-13,15,18H,4-11,14H2,1-3H3;10-11,16H,3-9,12-13H2,1-2H3,(H,18,19);5-8,11H,1-4H3,(H,15,16);5-7,10H,1H2,2-4H3,(H,14,15);3-4H2,1-2H3;4*1-2H3/b;;9-5-;;;;;;. The molecule has 3 atom stereocenters. The van der Waals surface area contributed by atoms with Crippen LogP contribution >= 0.6 is 0 Å². The van der Waals surface area contributed by atoms with Gasteiger partial charge in [-0.1, -0.05) is 164 Å². The molecule has 3 N–H and O–H groups in total. The van der Waals surface area contributed by atoms with Crippen molar-refractivity contribution < 1.29 is 34.0 Å². The Morgan fingerprint density at radius 1 is 0.647 bits per heavy atom. The fourth-order valence-electron chi connectivity index (χ4n) is 9.69. The lowest BCUT2D eigenvalue weighted by Gasteiger charge is -2.21. The number of carboxylic acid groups (broad SMARTS) is 2. The van der Waals surface area contributed by atoms with Crippen molar-refractivity contribution in [2.75, 3.05) is 38.8 Å². The number of carboxylic acids is 2. The Morgan fingerprint density at radius 3 is 1.52 bits per heavy atom. The number of hydrogen-bond donors (Lipinski definition) is 3. The first kappa shape index (κ1) is 84.1. The van der Waals surface area contributed by atoms with Crippen LogP contribution in [0.2, 0.25) is 0 Å². The van der Waals surface area contributed by atoms with Crippen molar-refractivity contribution in [1.82, 2.24) is 9.97 Å². The Kier molecular flexibility index (Phi) is 52.5. The zero-order valence-electron chi connectivity index (χ0n) is 58.4. The van der Waals surface area contributed by atoms with E-state index in [4.69, 9.17) is 34.4 Å². The molecule has 0 saturated carbocycles. The van der Waals surface area contributed by atoms with E-state index in [1.54, 1.807) is 21.0 Å². The maximum absolute atomic E-state index is 11.0. The Balaban J connectivity index is -0.000000993. The molecule has 1 aliphatic heterocycles. The van der Waals surface area contributed by atoms with Crippen LogP contribution in [-0.4, -0.2) is 77.8 Å². The summed E-state index contributed by atoms with van der Waals surface area (Å²) in [5.74, 6) is -0.738. The normalized spacial score (nSPS) is 13.3. The smallest absolute Gasteiger partial charge is 0.310 e. The second-order valence-electron chi connectivity index (χ2n) is 20.9. The van der Waals surface area contributed by atoms with Crippen LogP contribution in [0.1, 0.15) is 288 Å². The van der Waals surface area contributed by atoms with Crippen LogP contribution in [0.5, 0.6) is 0 Å². The number of pyridine rings is 2. The van der Waals surface area contributed by atoms with Gasteiger partial charge >= 0.3 is 11.9 Å². The number of anilines is 1. The van der Waals surface area contributed by atoms with Crippen molar-refractivity contribution in [3.05, 3.63) is 135 Å². The molecule has 0 saturated heterocycles. The minimum absolute atomic E-state index is 0.445. The molecule has 0 spiro atoms. The Bertz CT molecular complexity index is 2370. The SMILES string of the molecule is C/C=C(/C)c1cccc(C(C)C(=O)O)c1C.C=C(C)c1cccc(C(C)C(=O)O)c1C.CC.CC.CC.CC.CCC(CC)OCCCCc1ccc2c(n1)C(C)CCC2.CCC(CC)OCCCCc1ccc2c(n1)NCCC2.CCCOC. The molecule has 3 unspecified atom stereocenters. The largest absolute Gasteiger partial charge is 0.481 e. The van der Waals surface area contributed by atoms with Crippen molar-refractivity contribution in [2.24, 2.45) is 0 Å². The molecule has 3 heterocycles. The van der Waals surface area contributed by atoms with Crippen molar-refractivity contribution in [1.29, 1.82) is 0 Å². The van der Waals surface area contributed by atoms with Crippen molar-refractivity contribution in [3.8, 4) is 0 Å². The van der Waals surface area contributed by atoms with Gasteiger partial charge in [0.25, 0.3) is 0 Å². The molecule has 0 radical (unpaired) electrons. The van der Waals surface area contributed by atoms with E-state index in [0.717, 1.165) is 135 Å². The van der Waals surface area contributed by atoms with Crippen LogP contribution in [0.25, 0.3) is 11.1 Å². The van der Waals surface area contributed by atoms with E-state index in [1.807, 2.05) is 132 Å². The number of aryl methyl sites for hydroxylation is 4. The molecule has 6 rings (SSSR count). The van der Waals surface area contributed by atoms with Crippen molar-refractivity contribution >= 4 is 28.9 Å². The lowest BCUT2D eigenvalue weighted by atomic mass is 9.87. The highest BCUT2D eigenvalue weighted by Crippen LogP contribution is 2.31. The second-order valence-corrected chi connectivity index (χ2v) is 20.9. The number of nitrogens with one attached hydrogen (secondary N) is 1. The van der Waals surface area contributed by atoms with Gasteiger partial charge in [0.15, 0.2) is 0 Å². The molecule has 0 fully saturated rings. The van der Waals surface area contributed by atoms with Crippen LogP contribution < -0.4 is 5.32 Å². The summed E-state index contributed by atoms with van der Waals surface area (Å²) in [5.41, 5.74) is 14.9. The lowest BCUT2D eigenvalue weighted by molar-refractivity contribution is -0.139. The van der Waals surface area contributed by atoms with Gasteiger partial charge in [-0.15, -0.1) is 0 Å². The Hall–Kier alpha value is -5.16. The fraction of sp³-hybridized carbons (Fsp3) is 0.627. The summed E-state index contributed by atoms with van der Waals surface area (Å²) in [6.07, 6.45) is 21.5. The van der Waals surface area contributed by atoms with Crippen molar-refractivity contribution in [3.63, 3.8) is 0 Å². The molecule has 0 amide bonds. The first-order valence-electron chi connectivity index (χ1n) is 33.3. The maximum atomic E-state index is 11.0. The number of allylic oxidation sites excluding steroid dienone is 3. The van der Waals surface area contributed by atoms with E-state index in [1.165, 1.54) is 72.3 Å². The number of carbonyl (C=O) groups is 2. The second kappa shape index (κ2) is 53.1. The lowest BCUT2D eigenvalue weighted by Crippen LogP contribution is -2.14. The number of ether oxygens (including phenoxy) is 3. The van der Waals surface area contributed by atoms with Crippen LogP contribution in [0.15, 0.2) is 73.3 Å². The third-order valence-corrected chi connectivity index (χ3v) is 14.9. The molecule has 2 aromatic heterocycles. The number of rotatable bonds is 24. The van der Waals surface area contributed by atoms with Gasteiger partial charge in [0.1, 0.15) is 5.82 Å². The number of benzene rings is 2. The third-order valence-electron chi connectivity index (χ3n) is 14.9. The Labute approximate surface area is 522 Å². The van der Waals surface area contributed by atoms with E-state index in [9.17, 15) is 9.59 Å². The zero-order valence-corrected chi connectivity index (χ0v) is 58.4. The summed E-state index contributed by atoms with van der Waals surface area (Å²) < 4.78 is 16.4. The van der Waals surface area contributed by atoms with E-state index in [0.29, 0.717) is 18.1 Å². The number of aliphatic carboxylic acids is 2. The maximum Gasteiger partial charge on any atom is 0.310 e. The van der Waals surface area contributed by atoms with Crippen LogP contribution in [-0.2, 0) is 49.5 Å². The van der Waals surface area contributed by atoms with Gasteiger partial charge in [-0.05, 0) is 219 Å². The van der Waals surface area contributed by atoms with E-state index in [-0.39, 0.29) is 0 Å². The van der Waals surface area contributed by atoms with Gasteiger partial charge in [-0.2, -0.15) is 0 Å². The average Bonchev–Trinajstić information content (AvgIpc) is 3.74. The Morgan fingerprint density at radius 2 is 1.09 bits per heavy atom. The molecular weight excluding hydrogens is 1050 g/mol. The molecule has 85 heavy (non-hydrogen) atoms. The molecule has 2 aromatic carbocycles. The van der Waals surface area contributed by atoms with Gasteiger partial charge in [0.05, 0.1) is 24.0 Å². The van der Waals surface area contributed by atoms with Gasteiger partial charge < -0.3 is 29.7 Å². The van der Waals surface area contributed by atoms with Gasteiger partial charge in [-0.25, -0.2) is 4.98 Å². The summed E-state index contributed by atoms with van der Waals surface area (Å²) >= 11 is 0. The number of aromatic nitrogens is 2. The highest BCUT2D eigenvalue weighted by Gasteiger charge is 2.20. The summed E-state index contributed by atoms with van der Waals surface area (Å²) in [5, 5.41) is 21.4. The minimum atomic E-state index is -0.794. The molecule has 2 aliphatic rings. The molecule has 10 heteroatoms. The quantitative estimate of drug-likeness (QED) is 0.0581. The third kappa shape index (κ3) is 33.5. The number of fused-ring (bicyclic) bond motifs is 2. The van der Waals surface area contributed by atoms with Crippen molar-refractivity contribution in [2.45, 2.75) is 278 Å². The zero-order chi connectivity index (χ0) is 65.3. The number of unbranched alkanes of at least 4 members (excludes halogenated alkanes) is 2. The van der Waals surface area contributed by atoms with E-state index in [2.05, 4.69) is 77.7 Å². The monoisotopic (exact) mass is 1180 g/mol. The summed E-state index contributed by atoms with van der Waals surface area (Å²) in [7, 11) is 1.71. The summed E-state index contributed by atoms with van der Waals surface area (Å²) in [6.45, 7) is 50.1. The predicted octanol–water partition coefficient (Wildman–Crippen LogP) is 21.0. The molecule has 484 valence electrons. The van der Waals surface area contributed by atoms with Crippen LogP contribution in [0, 0.1) is 13.8 Å². The van der Waals surface area contributed by atoms with Gasteiger partial charge in [0, 0.05) is 50.6 Å². The average molecular weight is 1180 g/mol. The topological polar surface area (TPSA) is 140 Å². The van der Waals surface area contributed by atoms with Gasteiger partial charge in [0.2, 0.25) is 0 Å². The number of hydrogen-bond acceptors (Lipinski definition) is 8. The first-order valence-corrected chi connectivity index (χ1v) is 33.3. The first-order chi connectivity index (χ1) is 40.9. The van der Waals surface area contributed by atoms with Crippen LogP contribution in [0.3, 0.4) is 0 Å². The summed E-state index contributed by atoms with van der Waals surface area (Å²) in [6, 6.07) is 20.5. The van der Waals surface area contributed by atoms with E-state index < -0.39 is 23.8 Å². The minimum Gasteiger partial charge on any atom is -0.481 e.